The van der Waals surface area contributed by atoms with Gasteiger partial charge in [-0.25, -0.2) is 9.97 Å². The molecule has 0 fully saturated rings. The van der Waals surface area contributed by atoms with E-state index < -0.39 is 0 Å². The average molecular weight is 868 g/mol. The number of hydrogen-bond acceptors (Lipinski definition) is 11. The first-order valence-corrected chi connectivity index (χ1v) is 19.0. The molecule has 0 radical (unpaired) electrons. The van der Waals surface area contributed by atoms with Crippen molar-refractivity contribution in [2.24, 2.45) is 0 Å². The van der Waals surface area contributed by atoms with Crippen LogP contribution in [0.4, 0.5) is 0 Å². The van der Waals surface area contributed by atoms with Crippen LogP contribution in [0.2, 0.25) is 0 Å². The summed E-state index contributed by atoms with van der Waals surface area (Å²) in [7, 11) is 0. The largest absolute Gasteiger partial charge is 2.00 e. The van der Waals surface area contributed by atoms with E-state index in [1.165, 1.54) is 0 Å². The molecule has 0 atom stereocenters. The number of rotatable bonds is 4. The molecule has 11 rings (SSSR count). The summed E-state index contributed by atoms with van der Waals surface area (Å²) < 4.78 is 0. The molecule has 0 amide bonds. The van der Waals surface area contributed by atoms with Gasteiger partial charge in [-0.3, -0.25) is 44.7 Å². The van der Waals surface area contributed by atoms with E-state index in [1.807, 2.05) is 116 Å². The topological polar surface area (TPSA) is 146 Å². The molecule has 9 aromatic heterocycles. The summed E-state index contributed by atoms with van der Waals surface area (Å²) in [6, 6.07) is 35.1. The second-order valence-electron chi connectivity index (χ2n) is 13.8. The Hall–Kier alpha value is -7.43. The summed E-state index contributed by atoms with van der Waals surface area (Å²) in [4.78, 5) is 56.7. The Balaban J connectivity index is 0.000000141. The zero-order valence-corrected chi connectivity index (χ0v) is 34.2. The second kappa shape index (κ2) is 17.6. The fourth-order valence-corrected chi connectivity index (χ4v) is 7.04. The molecule has 0 saturated heterocycles. The SMILES string of the molecule is CC(=O)Cc1ccnc(-c2cc(C)ccn2)c1.[Ru+2].c1ccc(-c2ccccn2)nc1.c1cnc2c(c1)c1nc3c4cccnc4c4ncccc4c3nc1c1cccnc12. The molecule has 288 valence electrons. The van der Waals surface area contributed by atoms with E-state index in [9.17, 15) is 4.79 Å². The molecule has 0 aliphatic rings. The number of pyridine rings is 8. The van der Waals surface area contributed by atoms with Crippen LogP contribution in [0.15, 0.2) is 159 Å². The molecule has 60 heavy (non-hydrogen) atoms. The maximum atomic E-state index is 11.1. The summed E-state index contributed by atoms with van der Waals surface area (Å²) in [5.41, 5.74) is 12.2. The third-order valence-electron chi connectivity index (χ3n) is 9.64. The van der Waals surface area contributed by atoms with Crippen molar-refractivity contribution in [1.29, 1.82) is 0 Å². The smallest absolute Gasteiger partial charge is 0.300 e. The third-order valence-corrected chi connectivity index (χ3v) is 9.64. The van der Waals surface area contributed by atoms with Gasteiger partial charge in [-0.2, -0.15) is 0 Å². The Labute approximate surface area is 356 Å². The van der Waals surface area contributed by atoms with Crippen LogP contribution >= 0.6 is 0 Å². The molecule has 11 aromatic rings. The van der Waals surface area contributed by atoms with Gasteiger partial charge in [0.25, 0.3) is 0 Å². The summed E-state index contributed by atoms with van der Waals surface area (Å²) >= 11 is 0. The molecule has 0 spiro atoms. The van der Waals surface area contributed by atoms with E-state index >= 15 is 0 Å². The van der Waals surface area contributed by atoms with Gasteiger partial charge in [-0.05, 0) is 122 Å². The van der Waals surface area contributed by atoms with E-state index in [0.717, 1.165) is 99.6 Å². The number of aryl methyl sites for hydroxylation is 1. The number of carbonyl (C=O) groups is 1. The predicted molar refractivity (Wildman–Crippen MR) is 232 cm³/mol. The average Bonchev–Trinajstić information content (AvgIpc) is 3.30. The molecule has 0 bridgehead atoms. The molecule has 9 heterocycles. The third kappa shape index (κ3) is 8.01. The Bertz CT molecular complexity index is 3010. The summed E-state index contributed by atoms with van der Waals surface area (Å²) in [6.45, 7) is 3.61. The number of fused-ring (bicyclic) bond motifs is 12. The molecular formula is C48H34N10ORu+2. The normalized spacial score (nSPS) is 10.8. The number of nitrogens with zero attached hydrogens (tertiary/aromatic N) is 10. The Kier molecular flexibility index (Phi) is 11.6. The van der Waals surface area contributed by atoms with Gasteiger partial charge in [-0.15, -0.1) is 0 Å². The molecular weight excluding hydrogens is 834 g/mol. The van der Waals surface area contributed by atoms with Crippen LogP contribution in [0.1, 0.15) is 18.1 Å². The Morgan fingerprint density at radius 1 is 0.400 bits per heavy atom. The van der Waals surface area contributed by atoms with Gasteiger partial charge in [0, 0.05) is 77.5 Å². The van der Waals surface area contributed by atoms with Crippen molar-refractivity contribution in [2.45, 2.75) is 20.3 Å². The van der Waals surface area contributed by atoms with Gasteiger partial charge in [0.2, 0.25) is 0 Å². The molecule has 0 aliphatic heterocycles. The maximum absolute atomic E-state index is 11.1. The molecule has 0 saturated carbocycles. The number of aromatic nitrogens is 10. The predicted octanol–water partition coefficient (Wildman–Crippen LogP) is 9.70. The van der Waals surface area contributed by atoms with E-state index in [4.69, 9.17) is 9.97 Å². The zero-order valence-electron chi connectivity index (χ0n) is 32.5. The number of hydrogen-bond donors (Lipinski definition) is 0. The van der Waals surface area contributed by atoms with Crippen LogP contribution in [-0.2, 0) is 30.7 Å². The van der Waals surface area contributed by atoms with Gasteiger partial charge in [0.05, 0.1) is 66.9 Å². The first kappa shape index (κ1) is 39.4. The Morgan fingerprint density at radius 3 is 1.17 bits per heavy atom. The van der Waals surface area contributed by atoms with Crippen LogP contribution in [0.25, 0.3) is 88.5 Å². The standard InChI is InChI=1S/C24H12N6.C14H14N2O.C10H8N2.Ru/c1-5-13-17(25-9-1)18-14(6-2-10-26-18)22-21(13)29-23-15-7-3-11-27-19(15)20-16(24(23)30-22)8-4-12-28-20;1-10-3-5-15-13(7-10)14-9-12(4-6-16-14)8-11(2)17;1-3-7-11-9(5-1)10-6-2-4-8-12-10;/h1-12H;3-7,9H,8H2,1-2H3;1-8H;/q;;;+2. The minimum Gasteiger partial charge on any atom is -0.300 e. The molecule has 11 nitrogen and oxygen atoms in total. The van der Waals surface area contributed by atoms with Gasteiger partial charge < -0.3 is 0 Å². The fraction of sp³-hybridized carbons (Fsp3) is 0.0625. The second-order valence-corrected chi connectivity index (χ2v) is 13.8. The maximum Gasteiger partial charge on any atom is 2.00 e. The minimum atomic E-state index is 0. The van der Waals surface area contributed by atoms with Crippen molar-refractivity contribution in [3.05, 3.63) is 170 Å². The van der Waals surface area contributed by atoms with E-state index in [1.54, 1.807) is 56.5 Å². The van der Waals surface area contributed by atoms with Crippen molar-refractivity contribution in [3.8, 4) is 22.8 Å². The summed E-state index contributed by atoms with van der Waals surface area (Å²) in [5, 5.41) is 3.76. The van der Waals surface area contributed by atoms with Gasteiger partial charge in [-0.1, -0.05) is 12.1 Å². The van der Waals surface area contributed by atoms with E-state index in [2.05, 4.69) is 39.9 Å². The number of ketones is 1. The quantitative estimate of drug-likeness (QED) is 0.0947. The van der Waals surface area contributed by atoms with Crippen molar-refractivity contribution >= 4 is 71.5 Å². The van der Waals surface area contributed by atoms with Gasteiger partial charge in [0.1, 0.15) is 5.78 Å². The molecule has 0 aliphatic carbocycles. The first-order valence-electron chi connectivity index (χ1n) is 19.0. The van der Waals surface area contributed by atoms with Crippen LogP contribution in [-0.4, -0.2) is 55.6 Å². The monoisotopic (exact) mass is 868 g/mol. The zero-order chi connectivity index (χ0) is 40.1. The number of benzene rings is 2. The first-order chi connectivity index (χ1) is 29.0. The van der Waals surface area contributed by atoms with Crippen LogP contribution in [0, 0.1) is 6.92 Å². The fourth-order valence-electron chi connectivity index (χ4n) is 7.04. The minimum absolute atomic E-state index is 0. The van der Waals surface area contributed by atoms with E-state index in [-0.39, 0.29) is 25.3 Å². The number of carbonyl (C=O) groups excluding carboxylic acids is 1. The number of Topliss-reactive ketones (excluding diaryl/α,β-unsaturated/α-hetero) is 1. The van der Waals surface area contributed by atoms with Crippen molar-refractivity contribution in [3.63, 3.8) is 0 Å². The van der Waals surface area contributed by atoms with E-state index in [0.29, 0.717) is 6.42 Å². The van der Waals surface area contributed by atoms with Crippen LogP contribution in [0.5, 0.6) is 0 Å². The van der Waals surface area contributed by atoms with Crippen molar-refractivity contribution in [1.82, 2.24) is 49.8 Å². The summed E-state index contributed by atoms with van der Waals surface area (Å²) in [6.07, 6.45) is 14.6. The summed E-state index contributed by atoms with van der Waals surface area (Å²) in [5.74, 6) is 0.152. The molecule has 12 heteroatoms. The molecule has 0 unspecified atom stereocenters. The van der Waals surface area contributed by atoms with Crippen molar-refractivity contribution < 1.29 is 24.3 Å². The van der Waals surface area contributed by atoms with Crippen LogP contribution < -0.4 is 0 Å². The van der Waals surface area contributed by atoms with Crippen LogP contribution in [0.3, 0.4) is 0 Å². The van der Waals surface area contributed by atoms with Crippen molar-refractivity contribution in [2.75, 3.05) is 0 Å². The Morgan fingerprint density at radius 2 is 0.783 bits per heavy atom. The van der Waals surface area contributed by atoms with Gasteiger partial charge in [0.15, 0.2) is 0 Å². The molecule has 0 N–H and O–H groups in total. The molecule has 2 aromatic carbocycles. The van der Waals surface area contributed by atoms with Gasteiger partial charge >= 0.3 is 19.5 Å².